The van der Waals surface area contributed by atoms with Crippen LogP contribution in [0.15, 0.2) is 64.6 Å². The normalized spacial score (nSPS) is 15.5. The van der Waals surface area contributed by atoms with E-state index in [4.69, 9.17) is 0 Å². The van der Waals surface area contributed by atoms with Crippen molar-refractivity contribution in [2.45, 2.75) is 42.0 Å². The van der Waals surface area contributed by atoms with Crippen LogP contribution in [-0.2, 0) is 14.8 Å². The van der Waals surface area contributed by atoms with Gasteiger partial charge in [-0.25, -0.2) is 8.42 Å². The zero-order valence-electron chi connectivity index (χ0n) is 18.6. The molecule has 174 valence electrons. The first-order chi connectivity index (χ1) is 15.9. The fraction of sp³-hybridized carbons (Fsp3) is 0.348. The Bertz CT molecular complexity index is 1220. The average molecular weight is 486 g/mol. The zero-order chi connectivity index (χ0) is 23.4. The lowest BCUT2D eigenvalue weighted by Crippen LogP contribution is -2.30. The summed E-state index contributed by atoms with van der Waals surface area (Å²) in [6.45, 7) is 5.35. The standard InChI is InChI=1S/C23H27N5O3S2/c1-3-24-22(29)17(2)32-23-26-25-21(28(23)19-11-5-4-6-12-19)18-10-9-13-20(16-18)33(30,31)27-14-7-8-15-27/h4-6,9-13,16-17H,3,7-8,14-15H2,1-2H3,(H,24,29)/t17-/m0/s1. The highest BCUT2D eigenvalue weighted by Gasteiger charge is 2.28. The minimum absolute atomic E-state index is 0.0784. The third-order valence-electron chi connectivity index (χ3n) is 5.45. The Morgan fingerprint density at radius 3 is 2.52 bits per heavy atom. The minimum atomic E-state index is -3.56. The van der Waals surface area contributed by atoms with Crippen LogP contribution in [0, 0.1) is 0 Å². The highest BCUT2D eigenvalue weighted by molar-refractivity contribution is 8.00. The van der Waals surface area contributed by atoms with E-state index in [1.54, 1.807) is 18.2 Å². The number of amides is 1. The van der Waals surface area contributed by atoms with Crippen molar-refractivity contribution < 1.29 is 13.2 Å². The van der Waals surface area contributed by atoms with Gasteiger partial charge < -0.3 is 5.32 Å². The molecule has 4 rings (SSSR count). The van der Waals surface area contributed by atoms with Crippen LogP contribution in [-0.4, -0.2) is 58.3 Å². The maximum Gasteiger partial charge on any atom is 0.243 e. The molecule has 0 saturated carbocycles. The van der Waals surface area contributed by atoms with E-state index < -0.39 is 10.0 Å². The van der Waals surface area contributed by atoms with Crippen molar-refractivity contribution in [2.75, 3.05) is 19.6 Å². The summed E-state index contributed by atoms with van der Waals surface area (Å²) in [7, 11) is -3.56. The smallest absolute Gasteiger partial charge is 0.243 e. The Kier molecular flexibility index (Phi) is 7.16. The SMILES string of the molecule is CCNC(=O)[C@H](C)Sc1nnc(-c2cccc(S(=O)(=O)N3CCCC3)c2)n1-c1ccccc1. The van der Waals surface area contributed by atoms with E-state index in [2.05, 4.69) is 15.5 Å². The van der Waals surface area contributed by atoms with E-state index in [-0.39, 0.29) is 16.1 Å². The molecule has 1 fully saturated rings. The van der Waals surface area contributed by atoms with E-state index >= 15 is 0 Å². The predicted molar refractivity (Wildman–Crippen MR) is 129 cm³/mol. The summed E-state index contributed by atoms with van der Waals surface area (Å²) in [5.41, 5.74) is 1.47. The molecule has 2 aromatic carbocycles. The second-order valence-electron chi connectivity index (χ2n) is 7.77. The molecule has 1 atom stereocenters. The molecule has 2 heterocycles. The van der Waals surface area contributed by atoms with Gasteiger partial charge in [0.15, 0.2) is 11.0 Å². The van der Waals surface area contributed by atoms with Crippen LogP contribution in [0.3, 0.4) is 0 Å². The van der Waals surface area contributed by atoms with Crippen LogP contribution in [0.1, 0.15) is 26.7 Å². The molecule has 1 amide bonds. The molecule has 0 spiro atoms. The molecule has 1 N–H and O–H groups in total. The lowest BCUT2D eigenvalue weighted by molar-refractivity contribution is -0.120. The van der Waals surface area contributed by atoms with Crippen molar-refractivity contribution in [3.05, 3.63) is 54.6 Å². The van der Waals surface area contributed by atoms with E-state index in [1.807, 2.05) is 54.8 Å². The molecule has 0 bridgehead atoms. The van der Waals surface area contributed by atoms with E-state index in [9.17, 15) is 13.2 Å². The summed E-state index contributed by atoms with van der Waals surface area (Å²) in [6.07, 6.45) is 1.76. The fourth-order valence-corrected chi connectivity index (χ4v) is 6.20. The van der Waals surface area contributed by atoms with Crippen molar-refractivity contribution in [2.24, 2.45) is 0 Å². The van der Waals surface area contributed by atoms with Gasteiger partial charge in [0.1, 0.15) is 0 Å². The lowest BCUT2D eigenvalue weighted by Gasteiger charge is -2.16. The summed E-state index contributed by atoms with van der Waals surface area (Å²) in [5, 5.41) is 11.8. The molecular formula is C23H27N5O3S2. The Labute approximate surface area is 198 Å². The highest BCUT2D eigenvalue weighted by atomic mass is 32.2. The van der Waals surface area contributed by atoms with Gasteiger partial charge in [-0.2, -0.15) is 4.31 Å². The minimum Gasteiger partial charge on any atom is -0.355 e. The molecule has 0 aliphatic carbocycles. The number of benzene rings is 2. The molecule has 1 aliphatic heterocycles. The number of hydrogen-bond donors (Lipinski definition) is 1. The summed E-state index contributed by atoms with van der Waals surface area (Å²) < 4.78 is 29.6. The van der Waals surface area contributed by atoms with Crippen LogP contribution in [0.2, 0.25) is 0 Å². The molecule has 10 heteroatoms. The summed E-state index contributed by atoms with van der Waals surface area (Å²) in [6, 6.07) is 16.4. The number of para-hydroxylation sites is 1. The number of nitrogens with zero attached hydrogens (tertiary/aromatic N) is 4. The van der Waals surface area contributed by atoms with Crippen molar-refractivity contribution in [3.8, 4) is 17.1 Å². The first kappa shape index (κ1) is 23.5. The van der Waals surface area contributed by atoms with Gasteiger partial charge in [0.05, 0.1) is 10.1 Å². The van der Waals surface area contributed by atoms with Gasteiger partial charge in [-0.3, -0.25) is 9.36 Å². The van der Waals surface area contributed by atoms with Crippen LogP contribution < -0.4 is 5.32 Å². The Morgan fingerprint density at radius 2 is 1.82 bits per heavy atom. The molecule has 33 heavy (non-hydrogen) atoms. The van der Waals surface area contributed by atoms with E-state index in [0.29, 0.717) is 36.2 Å². The first-order valence-electron chi connectivity index (χ1n) is 11.0. The summed E-state index contributed by atoms with van der Waals surface area (Å²) in [5.74, 6) is 0.440. The number of thioether (sulfide) groups is 1. The predicted octanol–water partition coefficient (Wildman–Crippen LogP) is 3.34. The number of hydrogen-bond acceptors (Lipinski definition) is 6. The fourth-order valence-electron chi connectivity index (χ4n) is 3.75. The monoisotopic (exact) mass is 485 g/mol. The second-order valence-corrected chi connectivity index (χ2v) is 11.0. The average Bonchev–Trinajstić information content (AvgIpc) is 3.51. The lowest BCUT2D eigenvalue weighted by atomic mass is 10.2. The van der Waals surface area contributed by atoms with Gasteiger partial charge in [-0.1, -0.05) is 42.1 Å². The number of aromatic nitrogens is 3. The summed E-state index contributed by atoms with van der Waals surface area (Å²) in [4.78, 5) is 12.5. The second kappa shape index (κ2) is 10.1. The number of carbonyl (C=O) groups excluding carboxylic acids is 1. The first-order valence-corrected chi connectivity index (χ1v) is 13.3. The molecule has 1 aromatic heterocycles. The largest absolute Gasteiger partial charge is 0.355 e. The topological polar surface area (TPSA) is 97.2 Å². The Morgan fingerprint density at radius 1 is 1.09 bits per heavy atom. The quantitative estimate of drug-likeness (QED) is 0.492. The molecule has 3 aromatic rings. The molecule has 1 aliphatic rings. The van der Waals surface area contributed by atoms with Gasteiger partial charge in [-0.15, -0.1) is 10.2 Å². The van der Waals surface area contributed by atoms with Crippen LogP contribution in [0.5, 0.6) is 0 Å². The Balaban J connectivity index is 1.75. The molecule has 1 saturated heterocycles. The van der Waals surface area contributed by atoms with Gasteiger partial charge in [-0.05, 0) is 51.0 Å². The van der Waals surface area contributed by atoms with Gasteiger partial charge in [0.2, 0.25) is 15.9 Å². The third kappa shape index (κ3) is 4.97. The van der Waals surface area contributed by atoms with Crippen LogP contribution >= 0.6 is 11.8 Å². The van der Waals surface area contributed by atoms with E-state index in [1.165, 1.54) is 16.1 Å². The van der Waals surface area contributed by atoms with Gasteiger partial charge in [0, 0.05) is 30.9 Å². The van der Waals surface area contributed by atoms with Crippen molar-refractivity contribution in [1.82, 2.24) is 24.4 Å². The molecular weight excluding hydrogens is 458 g/mol. The highest BCUT2D eigenvalue weighted by Crippen LogP contribution is 2.31. The zero-order valence-corrected chi connectivity index (χ0v) is 20.3. The van der Waals surface area contributed by atoms with Crippen LogP contribution in [0.4, 0.5) is 0 Å². The summed E-state index contributed by atoms with van der Waals surface area (Å²) >= 11 is 1.31. The number of rotatable bonds is 8. The van der Waals surface area contributed by atoms with Gasteiger partial charge in [0.25, 0.3) is 0 Å². The van der Waals surface area contributed by atoms with Crippen LogP contribution in [0.25, 0.3) is 17.1 Å². The maximum atomic E-state index is 13.1. The number of sulfonamides is 1. The maximum absolute atomic E-state index is 13.1. The number of nitrogens with one attached hydrogen (secondary N) is 1. The number of carbonyl (C=O) groups is 1. The molecule has 0 unspecified atom stereocenters. The van der Waals surface area contributed by atoms with E-state index in [0.717, 1.165) is 18.5 Å². The molecule has 8 nitrogen and oxygen atoms in total. The van der Waals surface area contributed by atoms with Crippen molar-refractivity contribution in [3.63, 3.8) is 0 Å². The van der Waals surface area contributed by atoms with Gasteiger partial charge >= 0.3 is 0 Å². The Hall–Kier alpha value is -2.69. The van der Waals surface area contributed by atoms with Crippen molar-refractivity contribution in [1.29, 1.82) is 0 Å². The third-order valence-corrected chi connectivity index (χ3v) is 8.38. The molecule has 0 radical (unpaired) electrons. The van der Waals surface area contributed by atoms with Crippen molar-refractivity contribution >= 4 is 27.7 Å².